The van der Waals surface area contributed by atoms with Crippen LogP contribution < -0.4 is 11.5 Å². The maximum atomic E-state index is 13.7. The van der Waals surface area contributed by atoms with Crippen molar-refractivity contribution in [3.63, 3.8) is 0 Å². The average Bonchev–Trinajstić information content (AvgIpc) is 3.19. The zero-order valence-electron chi connectivity index (χ0n) is 19.3. The van der Waals surface area contributed by atoms with Crippen LogP contribution in [-0.2, 0) is 13.0 Å². The van der Waals surface area contributed by atoms with E-state index in [4.69, 9.17) is 16.5 Å². The number of nitrogens with two attached hydrogens (primary N) is 2. The number of nitrogens with zero attached hydrogens (tertiary/aromatic N) is 3. The number of pyridine rings is 1. The third-order valence-electron chi connectivity index (χ3n) is 6.13. The van der Waals surface area contributed by atoms with Crippen molar-refractivity contribution in [1.82, 2.24) is 14.5 Å². The van der Waals surface area contributed by atoms with Crippen molar-refractivity contribution in [3.8, 4) is 0 Å². The van der Waals surface area contributed by atoms with E-state index in [1.54, 1.807) is 0 Å². The Morgan fingerprint density at radius 1 is 1.00 bits per heavy atom. The van der Waals surface area contributed by atoms with Crippen LogP contribution in [0.25, 0.3) is 21.9 Å². The molecular weight excluding hydrogens is 436 g/mol. The standard InChI is InChI=1S/C26H29F2N5O/c1-2-3-12-22-32-24-25(17-9-6-7-10-20(17)31-26(24)30)33(22)13-8-4-5-11-21(34)16-14-18(27)23(29)19(28)15-16/h6-7,9-10,14-15H,2-5,8,11-13,29H2,1H3,(H2,30,31). The number of nitrogen functional groups attached to an aromatic ring is 2. The average molecular weight is 466 g/mol. The van der Waals surface area contributed by atoms with Crippen molar-refractivity contribution >= 4 is 39.2 Å². The fourth-order valence-electron chi connectivity index (χ4n) is 4.29. The van der Waals surface area contributed by atoms with Crippen LogP contribution in [0.2, 0.25) is 0 Å². The zero-order chi connectivity index (χ0) is 24.2. The first-order chi connectivity index (χ1) is 16.4. The molecule has 4 aromatic rings. The number of rotatable bonds is 10. The molecule has 0 amide bonds. The Bertz CT molecular complexity index is 1330. The van der Waals surface area contributed by atoms with Crippen LogP contribution in [0.1, 0.15) is 61.6 Å². The van der Waals surface area contributed by atoms with Gasteiger partial charge in [-0.3, -0.25) is 4.79 Å². The van der Waals surface area contributed by atoms with Gasteiger partial charge in [0.05, 0.1) is 11.0 Å². The second-order valence-corrected chi connectivity index (χ2v) is 8.58. The summed E-state index contributed by atoms with van der Waals surface area (Å²) in [4.78, 5) is 21.7. The molecular formula is C26H29F2N5O. The van der Waals surface area contributed by atoms with Gasteiger partial charge < -0.3 is 16.0 Å². The lowest BCUT2D eigenvalue weighted by Gasteiger charge is -2.11. The molecule has 0 bridgehead atoms. The first kappa shape index (κ1) is 23.6. The van der Waals surface area contributed by atoms with E-state index in [-0.39, 0.29) is 17.8 Å². The number of anilines is 2. The lowest BCUT2D eigenvalue weighted by molar-refractivity contribution is 0.0978. The van der Waals surface area contributed by atoms with Crippen LogP contribution in [-0.4, -0.2) is 20.3 Å². The van der Waals surface area contributed by atoms with Gasteiger partial charge in [0.15, 0.2) is 11.6 Å². The van der Waals surface area contributed by atoms with Gasteiger partial charge in [0.25, 0.3) is 0 Å². The highest BCUT2D eigenvalue weighted by atomic mass is 19.1. The third kappa shape index (κ3) is 4.71. The molecule has 2 aromatic heterocycles. The minimum absolute atomic E-state index is 0.0149. The smallest absolute Gasteiger partial charge is 0.163 e. The van der Waals surface area contributed by atoms with E-state index < -0.39 is 17.3 Å². The van der Waals surface area contributed by atoms with Gasteiger partial charge in [-0.05, 0) is 37.5 Å². The molecule has 4 N–H and O–H groups in total. The molecule has 2 aromatic carbocycles. The summed E-state index contributed by atoms with van der Waals surface area (Å²) >= 11 is 0. The molecule has 0 aliphatic carbocycles. The predicted molar refractivity (Wildman–Crippen MR) is 132 cm³/mol. The number of aryl methyl sites for hydroxylation is 2. The summed E-state index contributed by atoms with van der Waals surface area (Å²) in [5.74, 6) is -0.685. The van der Waals surface area contributed by atoms with Gasteiger partial charge in [0.2, 0.25) is 0 Å². The van der Waals surface area contributed by atoms with Gasteiger partial charge in [-0.25, -0.2) is 18.7 Å². The van der Waals surface area contributed by atoms with Crippen molar-refractivity contribution in [3.05, 3.63) is 59.4 Å². The lowest BCUT2D eigenvalue weighted by atomic mass is 10.0. The Kier molecular flexibility index (Phi) is 7.05. The van der Waals surface area contributed by atoms with E-state index in [0.29, 0.717) is 12.2 Å². The van der Waals surface area contributed by atoms with Crippen LogP contribution in [0.15, 0.2) is 36.4 Å². The van der Waals surface area contributed by atoms with E-state index in [0.717, 1.165) is 78.5 Å². The van der Waals surface area contributed by atoms with Gasteiger partial charge in [0, 0.05) is 30.3 Å². The maximum absolute atomic E-state index is 13.7. The first-order valence-electron chi connectivity index (χ1n) is 11.7. The quantitative estimate of drug-likeness (QED) is 0.175. The number of hydrogen-bond donors (Lipinski definition) is 2. The summed E-state index contributed by atoms with van der Waals surface area (Å²) in [5.41, 5.74) is 13.5. The molecule has 2 heterocycles. The van der Waals surface area contributed by atoms with Gasteiger partial charge in [0.1, 0.15) is 28.7 Å². The molecule has 0 unspecified atom stereocenters. The van der Waals surface area contributed by atoms with Crippen molar-refractivity contribution in [2.75, 3.05) is 11.5 Å². The van der Waals surface area contributed by atoms with Gasteiger partial charge >= 0.3 is 0 Å². The van der Waals surface area contributed by atoms with Crippen LogP contribution in [0.4, 0.5) is 20.3 Å². The Balaban J connectivity index is 1.48. The largest absolute Gasteiger partial charge is 0.394 e. The highest BCUT2D eigenvalue weighted by molar-refractivity contribution is 6.06. The minimum atomic E-state index is -0.907. The molecule has 0 aliphatic heterocycles. The van der Waals surface area contributed by atoms with Crippen LogP contribution in [0.5, 0.6) is 0 Å². The number of hydrogen-bond acceptors (Lipinski definition) is 5. The number of carbonyl (C=O) groups is 1. The van der Waals surface area contributed by atoms with Crippen LogP contribution >= 0.6 is 0 Å². The van der Waals surface area contributed by atoms with Crippen molar-refractivity contribution < 1.29 is 13.6 Å². The molecule has 8 heteroatoms. The zero-order valence-corrected chi connectivity index (χ0v) is 19.3. The highest BCUT2D eigenvalue weighted by Gasteiger charge is 2.17. The SMILES string of the molecule is CCCCc1nc2c(N)nc3ccccc3c2n1CCCCCC(=O)c1cc(F)c(N)c(F)c1. The number of aromatic nitrogens is 3. The Labute approximate surface area is 197 Å². The number of ketones is 1. The highest BCUT2D eigenvalue weighted by Crippen LogP contribution is 2.30. The molecule has 0 fully saturated rings. The Hall–Kier alpha value is -3.55. The monoisotopic (exact) mass is 465 g/mol. The molecule has 34 heavy (non-hydrogen) atoms. The topological polar surface area (TPSA) is 99.8 Å². The summed E-state index contributed by atoms with van der Waals surface area (Å²) in [5, 5.41) is 1.02. The van der Waals surface area contributed by atoms with Gasteiger partial charge in [-0.1, -0.05) is 38.0 Å². The van der Waals surface area contributed by atoms with E-state index in [1.807, 2.05) is 24.3 Å². The van der Waals surface area contributed by atoms with Gasteiger partial charge in [-0.2, -0.15) is 0 Å². The molecule has 4 rings (SSSR count). The fraction of sp³-hybridized carbons (Fsp3) is 0.346. The number of para-hydroxylation sites is 1. The number of carbonyl (C=O) groups excluding carboxylic acids is 1. The molecule has 6 nitrogen and oxygen atoms in total. The molecule has 0 saturated carbocycles. The number of benzene rings is 2. The first-order valence-corrected chi connectivity index (χ1v) is 11.7. The van der Waals surface area contributed by atoms with E-state index in [2.05, 4.69) is 16.5 Å². The normalized spacial score (nSPS) is 11.5. The van der Waals surface area contributed by atoms with E-state index in [1.165, 1.54) is 0 Å². The van der Waals surface area contributed by atoms with Crippen molar-refractivity contribution in [2.45, 2.75) is 58.4 Å². The van der Waals surface area contributed by atoms with E-state index in [9.17, 15) is 13.6 Å². The summed E-state index contributed by atoms with van der Waals surface area (Å²) in [7, 11) is 0. The molecule has 0 atom stereocenters. The van der Waals surface area contributed by atoms with Gasteiger partial charge in [-0.15, -0.1) is 0 Å². The van der Waals surface area contributed by atoms with E-state index >= 15 is 0 Å². The predicted octanol–water partition coefficient (Wildman–Crippen LogP) is 5.81. The Morgan fingerprint density at radius 2 is 1.74 bits per heavy atom. The fourth-order valence-corrected chi connectivity index (χ4v) is 4.29. The van der Waals surface area contributed by atoms with Crippen molar-refractivity contribution in [2.24, 2.45) is 0 Å². The Morgan fingerprint density at radius 3 is 2.47 bits per heavy atom. The summed E-state index contributed by atoms with van der Waals surface area (Å²) in [6.45, 7) is 2.89. The van der Waals surface area contributed by atoms with Crippen molar-refractivity contribution in [1.29, 1.82) is 0 Å². The van der Waals surface area contributed by atoms with Crippen LogP contribution in [0, 0.1) is 11.6 Å². The summed E-state index contributed by atoms with van der Waals surface area (Å²) in [6, 6.07) is 9.91. The number of halogens is 2. The second-order valence-electron chi connectivity index (χ2n) is 8.58. The number of fused-ring (bicyclic) bond motifs is 3. The number of unbranched alkanes of at least 4 members (excludes halogenated alkanes) is 3. The maximum Gasteiger partial charge on any atom is 0.163 e. The molecule has 0 radical (unpaired) electrons. The summed E-state index contributed by atoms with van der Waals surface area (Å²) < 4.78 is 29.5. The van der Waals surface area contributed by atoms with Crippen LogP contribution in [0.3, 0.4) is 0 Å². The lowest BCUT2D eigenvalue weighted by Crippen LogP contribution is -2.06. The minimum Gasteiger partial charge on any atom is -0.394 e. The second kappa shape index (κ2) is 10.2. The molecule has 178 valence electrons. The molecule has 0 spiro atoms. The number of Topliss-reactive ketones (excluding diaryl/α,β-unsaturated/α-hetero) is 1. The molecule has 0 saturated heterocycles. The number of imidazole rings is 1. The summed E-state index contributed by atoms with van der Waals surface area (Å²) in [6.07, 6.45) is 5.40. The molecule has 0 aliphatic rings. The third-order valence-corrected chi connectivity index (χ3v) is 6.13.